The molecule has 2 aromatic rings. The van der Waals surface area contributed by atoms with E-state index in [4.69, 9.17) is 4.74 Å². The monoisotopic (exact) mass is 364 g/mol. The van der Waals surface area contributed by atoms with Crippen molar-refractivity contribution in [2.45, 2.75) is 38.1 Å². The number of non-ortho nitro benzene ring substituents is 1. The lowest BCUT2D eigenvalue weighted by Gasteiger charge is -2.38. The van der Waals surface area contributed by atoms with Gasteiger partial charge in [-0.25, -0.2) is 0 Å². The molecule has 2 aliphatic rings. The van der Waals surface area contributed by atoms with Crippen molar-refractivity contribution < 1.29 is 9.66 Å². The Hall–Kier alpha value is -2.82. The molecule has 0 unspecified atom stereocenters. The molecule has 5 heteroatoms. The van der Waals surface area contributed by atoms with Crippen molar-refractivity contribution in [3.05, 3.63) is 75.4 Å². The van der Waals surface area contributed by atoms with Crippen molar-refractivity contribution in [3.8, 4) is 5.75 Å². The second kappa shape index (κ2) is 6.72. The quantitative estimate of drug-likeness (QED) is 0.439. The molecule has 1 aliphatic heterocycles. The summed E-state index contributed by atoms with van der Waals surface area (Å²) in [6.07, 6.45) is 5.33. The van der Waals surface area contributed by atoms with E-state index >= 15 is 0 Å². The first-order valence-corrected chi connectivity index (χ1v) is 9.39. The van der Waals surface area contributed by atoms with Gasteiger partial charge in [0.25, 0.3) is 5.69 Å². The highest BCUT2D eigenvalue weighted by Crippen LogP contribution is 2.53. The average Bonchev–Trinajstić information content (AvgIpc) is 3.16. The van der Waals surface area contributed by atoms with E-state index in [1.54, 1.807) is 13.2 Å². The van der Waals surface area contributed by atoms with Crippen LogP contribution in [0.3, 0.4) is 0 Å². The fourth-order valence-corrected chi connectivity index (χ4v) is 4.34. The lowest BCUT2D eigenvalue weighted by Crippen LogP contribution is -2.29. The van der Waals surface area contributed by atoms with Crippen molar-refractivity contribution >= 4 is 11.4 Å². The molecule has 0 radical (unpaired) electrons. The van der Waals surface area contributed by atoms with Gasteiger partial charge in [0.05, 0.1) is 29.8 Å². The van der Waals surface area contributed by atoms with E-state index in [2.05, 4.69) is 55.6 Å². The van der Waals surface area contributed by atoms with E-state index in [1.165, 1.54) is 17.2 Å². The van der Waals surface area contributed by atoms with E-state index < -0.39 is 0 Å². The fourth-order valence-electron chi connectivity index (χ4n) is 4.34. The standard InChI is InChI=1S/C22H24N2O3/c1-13(2)14-7-9-15(10-8-14)21-18-6-4-5-17(18)19-11-16(24(25)26)12-20(27-3)22(19)23-21/h4-5,7-13,17-18,21,23H,6H2,1-3H3/t17-,18+,21-/m1/s1. The molecule has 140 valence electrons. The number of methoxy groups -OCH3 is 1. The minimum absolute atomic E-state index is 0.0752. The van der Waals surface area contributed by atoms with Crippen LogP contribution >= 0.6 is 0 Å². The predicted octanol–water partition coefficient (Wildman–Crippen LogP) is 5.55. The Morgan fingerprint density at radius 1 is 1.22 bits per heavy atom. The minimum Gasteiger partial charge on any atom is -0.494 e. The zero-order valence-corrected chi connectivity index (χ0v) is 15.8. The van der Waals surface area contributed by atoms with Crippen LogP contribution < -0.4 is 10.1 Å². The summed E-state index contributed by atoms with van der Waals surface area (Å²) in [5.41, 5.74) is 4.46. The van der Waals surface area contributed by atoms with Crippen molar-refractivity contribution in [2.24, 2.45) is 5.92 Å². The van der Waals surface area contributed by atoms with Crippen LogP contribution in [-0.4, -0.2) is 12.0 Å². The van der Waals surface area contributed by atoms with Crippen LogP contribution in [0.2, 0.25) is 0 Å². The lowest BCUT2D eigenvalue weighted by molar-refractivity contribution is -0.385. The molecular formula is C22H24N2O3. The normalized spacial score (nSPS) is 22.9. The van der Waals surface area contributed by atoms with E-state index in [0.29, 0.717) is 17.6 Å². The largest absolute Gasteiger partial charge is 0.494 e. The number of fused-ring (bicyclic) bond motifs is 3. The van der Waals surface area contributed by atoms with Gasteiger partial charge in [0.1, 0.15) is 5.75 Å². The first-order chi connectivity index (χ1) is 13.0. The van der Waals surface area contributed by atoms with Gasteiger partial charge in [-0.3, -0.25) is 10.1 Å². The van der Waals surface area contributed by atoms with Gasteiger partial charge < -0.3 is 10.1 Å². The van der Waals surface area contributed by atoms with Crippen LogP contribution in [0.15, 0.2) is 48.6 Å². The van der Waals surface area contributed by atoms with E-state index in [1.807, 2.05) is 0 Å². The maximum atomic E-state index is 11.3. The summed E-state index contributed by atoms with van der Waals surface area (Å²) >= 11 is 0. The van der Waals surface area contributed by atoms with E-state index in [0.717, 1.165) is 17.7 Å². The summed E-state index contributed by atoms with van der Waals surface area (Å²) in [5.74, 6) is 1.53. The highest BCUT2D eigenvalue weighted by molar-refractivity contribution is 5.71. The fraction of sp³-hybridized carbons (Fsp3) is 0.364. The van der Waals surface area contributed by atoms with Gasteiger partial charge in [0.2, 0.25) is 0 Å². The third kappa shape index (κ3) is 2.97. The molecule has 27 heavy (non-hydrogen) atoms. The molecule has 0 saturated heterocycles. The number of allylic oxidation sites excluding steroid dienone is 2. The van der Waals surface area contributed by atoms with Crippen LogP contribution in [0.4, 0.5) is 11.4 Å². The number of hydrogen-bond donors (Lipinski definition) is 1. The predicted molar refractivity (Wildman–Crippen MR) is 107 cm³/mol. The number of ether oxygens (including phenoxy) is 1. The van der Waals surface area contributed by atoms with Gasteiger partial charge in [-0.15, -0.1) is 0 Å². The summed E-state index contributed by atoms with van der Waals surface area (Å²) in [6, 6.07) is 12.1. The summed E-state index contributed by atoms with van der Waals surface area (Å²) in [6.45, 7) is 4.39. The number of hydrogen-bond acceptors (Lipinski definition) is 4. The SMILES string of the molecule is COc1cc([N+](=O)[O-])cc2c1N[C@H](c1ccc(C(C)C)cc1)[C@H]1CC=C[C@@H]21. The first kappa shape index (κ1) is 17.6. The third-order valence-corrected chi connectivity index (χ3v) is 5.81. The molecule has 4 rings (SSSR count). The third-order valence-electron chi connectivity index (χ3n) is 5.81. The van der Waals surface area contributed by atoms with Crippen LogP contribution in [0.5, 0.6) is 5.75 Å². The molecule has 2 aromatic carbocycles. The highest BCUT2D eigenvalue weighted by atomic mass is 16.6. The molecule has 0 bridgehead atoms. The Bertz CT molecular complexity index is 903. The molecule has 0 fully saturated rings. The summed E-state index contributed by atoms with van der Waals surface area (Å²) in [5, 5.41) is 15.0. The molecule has 0 saturated carbocycles. The van der Waals surface area contributed by atoms with Crippen molar-refractivity contribution in [1.82, 2.24) is 0 Å². The molecule has 1 aliphatic carbocycles. The molecule has 5 nitrogen and oxygen atoms in total. The molecule has 1 heterocycles. The number of anilines is 1. The lowest BCUT2D eigenvalue weighted by atomic mass is 9.76. The van der Waals surface area contributed by atoms with E-state index in [9.17, 15) is 10.1 Å². The maximum absolute atomic E-state index is 11.3. The number of nitro benzene ring substituents is 1. The van der Waals surface area contributed by atoms with E-state index in [-0.39, 0.29) is 22.6 Å². The Balaban J connectivity index is 1.78. The van der Waals surface area contributed by atoms with Crippen LogP contribution in [0.1, 0.15) is 54.8 Å². The zero-order chi connectivity index (χ0) is 19.1. The molecule has 0 spiro atoms. The number of nitro groups is 1. The molecule has 3 atom stereocenters. The maximum Gasteiger partial charge on any atom is 0.273 e. The Kier molecular flexibility index (Phi) is 4.38. The highest BCUT2D eigenvalue weighted by Gasteiger charge is 2.40. The van der Waals surface area contributed by atoms with Crippen LogP contribution in [-0.2, 0) is 0 Å². The van der Waals surface area contributed by atoms with Crippen molar-refractivity contribution in [1.29, 1.82) is 0 Å². The number of rotatable bonds is 4. The topological polar surface area (TPSA) is 64.4 Å². The summed E-state index contributed by atoms with van der Waals surface area (Å²) in [4.78, 5) is 11.0. The van der Waals surface area contributed by atoms with Gasteiger partial charge in [0.15, 0.2) is 0 Å². The summed E-state index contributed by atoms with van der Waals surface area (Å²) in [7, 11) is 1.56. The molecule has 0 aromatic heterocycles. The number of nitrogens with one attached hydrogen (secondary N) is 1. The average molecular weight is 364 g/mol. The Labute approximate surface area is 159 Å². The molecular weight excluding hydrogens is 340 g/mol. The number of nitrogens with zero attached hydrogens (tertiary/aromatic N) is 1. The second-order valence-corrected chi connectivity index (χ2v) is 7.67. The van der Waals surface area contributed by atoms with Gasteiger partial charge in [-0.05, 0) is 34.9 Å². The molecule has 1 N–H and O–H groups in total. The number of benzene rings is 2. The van der Waals surface area contributed by atoms with Gasteiger partial charge in [-0.1, -0.05) is 50.3 Å². The van der Waals surface area contributed by atoms with Crippen LogP contribution in [0.25, 0.3) is 0 Å². The Morgan fingerprint density at radius 2 is 1.96 bits per heavy atom. The van der Waals surface area contributed by atoms with Crippen molar-refractivity contribution in [3.63, 3.8) is 0 Å². The van der Waals surface area contributed by atoms with Gasteiger partial charge in [-0.2, -0.15) is 0 Å². The zero-order valence-electron chi connectivity index (χ0n) is 15.8. The van der Waals surface area contributed by atoms with Gasteiger partial charge in [0, 0.05) is 12.0 Å². The second-order valence-electron chi connectivity index (χ2n) is 7.67. The minimum atomic E-state index is -0.354. The van der Waals surface area contributed by atoms with Crippen molar-refractivity contribution in [2.75, 3.05) is 12.4 Å². The van der Waals surface area contributed by atoms with Gasteiger partial charge >= 0.3 is 0 Å². The summed E-state index contributed by atoms with van der Waals surface area (Å²) < 4.78 is 5.50. The first-order valence-electron chi connectivity index (χ1n) is 9.39. The smallest absolute Gasteiger partial charge is 0.273 e. The Morgan fingerprint density at radius 3 is 2.59 bits per heavy atom. The molecule has 0 amide bonds. The van der Waals surface area contributed by atoms with Crippen LogP contribution in [0, 0.1) is 16.0 Å².